The fraction of sp³-hybridized carbons (Fsp3) is 0. The van der Waals surface area contributed by atoms with Gasteiger partial charge >= 0.3 is 0 Å². The average Bonchev–Trinajstić information content (AvgIpc) is 2.39. The summed E-state index contributed by atoms with van der Waals surface area (Å²) in [5.41, 5.74) is 1.32. The van der Waals surface area contributed by atoms with Gasteiger partial charge in [0, 0.05) is 16.8 Å². The van der Waals surface area contributed by atoms with Crippen LogP contribution in [0.15, 0.2) is 48.5 Å². The number of hydrogen-bond acceptors (Lipinski definition) is 2. The van der Waals surface area contributed by atoms with Crippen LogP contribution in [-0.2, 0) is 0 Å². The van der Waals surface area contributed by atoms with Gasteiger partial charge in [0.2, 0.25) is 0 Å². The molecule has 3 nitrogen and oxygen atoms in total. The molecule has 0 radical (unpaired) electrons. The molecule has 0 aromatic heterocycles. The molecule has 90 valence electrons. The zero-order valence-corrected chi connectivity index (χ0v) is 9.39. The highest BCUT2D eigenvalue weighted by atomic mass is 19.1. The molecule has 0 saturated heterocycles. The highest BCUT2D eigenvalue weighted by Crippen LogP contribution is 2.11. The van der Waals surface area contributed by atoms with Gasteiger partial charge in [-0.15, -0.1) is 0 Å². The van der Waals surface area contributed by atoms with Crippen LogP contribution in [0.2, 0.25) is 0 Å². The minimum Gasteiger partial charge on any atom is -0.322 e. The number of nitrogens with one attached hydrogen (secondary N) is 1. The second-order valence-corrected chi connectivity index (χ2v) is 3.70. The molecule has 1 amide bonds. The summed E-state index contributed by atoms with van der Waals surface area (Å²) in [7, 11) is 0. The van der Waals surface area contributed by atoms with Crippen LogP contribution in [0.5, 0.6) is 0 Å². The molecule has 0 aliphatic carbocycles. The molecule has 0 heterocycles. The van der Waals surface area contributed by atoms with E-state index < -0.39 is 11.7 Å². The lowest BCUT2D eigenvalue weighted by atomic mass is 10.2. The molecule has 0 fully saturated rings. The predicted octanol–water partition coefficient (Wildman–Crippen LogP) is 2.89. The summed E-state index contributed by atoms with van der Waals surface area (Å²) < 4.78 is 12.9. The molecule has 0 aliphatic rings. The Kier molecular flexibility index (Phi) is 3.48. The largest absolute Gasteiger partial charge is 0.322 e. The van der Waals surface area contributed by atoms with Gasteiger partial charge in [-0.3, -0.25) is 9.59 Å². The zero-order chi connectivity index (χ0) is 13.0. The van der Waals surface area contributed by atoms with Crippen molar-refractivity contribution < 1.29 is 14.0 Å². The van der Waals surface area contributed by atoms with Crippen molar-refractivity contribution in [3.63, 3.8) is 0 Å². The molecule has 4 heteroatoms. The number of benzene rings is 2. The molecule has 0 atom stereocenters. The quantitative estimate of drug-likeness (QED) is 0.842. The predicted molar refractivity (Wildman–Crippen MR) is 66.2 cm³/mol. The highest BCUT2D eigenvalue weighted by Gasteiger charge is 2.06. The van der Waals surface area contributed by atoms with E-state index >= 15 is 0 Å². The topological polar surface area (TPSA) is 46.2 Å². The first-order valence-electron chi connectivity index (χ1n) is 5.31. The first kappa shape index (κ1) is 12.0. The number of rotatable bonds is 3. The van der Waals surface area contributed by atoms with Crippen LogP contribution in [0.1, 0.15) is 20.7 Å². The van der Waals surface area contributed by atoms with E-state index in [9.17, 15) is 14.0 Å². The Morgan fingerprint density at radius 1 is 1.11 bits per heavy atom. The van der Waals surface area contributed by atoms with Gasteiger partial charge in [-0.1, -0.05) is 6.07 Å². The van der Waals surface area contributed by atoms with E-state index in [2.05, 4.69) is 5.32 Å². The Morgan fingerprint density at radius 3 is 2.44 bits per heavy atom. The summed E-state index contributed by atoms with van der Waals surface area (Å²) in [5.74, 6) is -0.854. The Labute approximate surface area is 103 Å². The number of aldehydes is 1. The first-order chi connectivity index (χ1) is 8.69. The van der Waals surface area contributed by atoms with E-state index in [0.29, 0.717) is 11.3 Å². The molecule has 0 aliphatic heterocycles. The van der Waals surface area contributed by atoms with Crippen molar-refractivity contribution in [3.8, 4) is 0 Å². The van der Waals surface area contributed by atoms with Crippen molar-refractivity contribution in [1.82, 2.24) is 0 Å². The number of carbonyl (C=O) groups excluding carboxylic acids is 2. The Bertz CT molecular complexity index is 579. The van der Waals surface area contributed by atoms with E-state index in [1.165, 1.54) is 18.2 Å². The van der Waals surface area contributed by atoms with Gasteiger partial charge in [0.15, 0.2) is 0 Å². The maximum absolute atomic E-state index is 12.9. The molecule has 18 heavy (non-hydrogen) atoms. The molecule has 2 aromatic carbocycles. The Morgan fingerprint density at radius 2 is 1.83 bits per heavy atom. The molecular formula is C14H10FNO2. The summed E-state index contributed by atoms with van der Waals surface area (Å²) >= 11 is 0. The summed E-state index contributed by atoms with van der Waals surface area (Å²) in [6.07, 6.45) is 0.720. The van der Waals surface area contributed by atoms with Gasteiger partial charge in [-0.2, -0.15) is 0 Å². The number of amides is 1. The van der Waals surface area contributed by atoms with Gasteiger partial charge < -0.3 is 5.32 Å². The number of halogens is 1. The van der Waals surface area contributed by atoms with E-state index in [0.717, 1.165) is 12.4 Å². The third-order valence-electron chi connectivity index (χ3n) is 2.39. The number of hydrogen-bond donors (Lipinski definition) is 1. The summed E-state index contributed by atoms with van der Waals surface area (Å²) in [6.45, 7) is 0. The molecule has 0 spiro atoms. The maximum Gasteiger partial charge on any atom is 0.255 e. The molecule has 0 unspecified atom stereocenters. The standard InChI is InChI=1S/C14H10FNO2/c15-12-3-1-2-11(8-12)14(18)16-13-6-4-10(9-17)5-7-13/h1-9H,(H,16,18). The van der Waals surface area contributed by atoms with Crippen LogP contribution in [0.4, 0.5) is 10.1 Å². The van der Waals surface area contributed by atoms with Crippen LogP contribution in [0, 0.1) is 5.82 Å². The van der Waals surface area contributed by atoms with Crippen molar-refractivity contribution in [2.45, 2.75) is 0 Å². The number of carbonyl (C=O) groups is 2. The summed E-state index contributed by atoms with van der Waals surface area (Å²) in [4.78, 5) is 22.2. The van der Waals surface area contributed by atoms with Crippen molar-refractivity contribution in [2.24, 2.45) is 0 Å². The fourth-order valence-corrected chi connectivity index (χ4v) is 1.48. The van der Waals surface area contributed by atoms with Crippen molar-refractivity contribution in [3.05, 3.63) is 65.5 Å². The van der Waals surface area contributed by atoms with Crippen LogP contribution in [0.25, 0.3) is 0 Å². The lowest BCUT2D eigenvalue weighted by molar-refractivity contribution is 0.102. The molecule has 1 N–H and O–H groups in total. The first-order valence-corrected chi connectivity index (χ1v) is 5.31. The van der Waals surface area contributed by atoms with E-state index in [1.807, 2.05) is 0 Å². The zero-order valence-electron chi connectivity index (χ0n) is 9.39. The van der Waals surface area contributed by atoms with Gasteiger partial charge in [-0.05, 0) is 42.5 Å². The SMILES string of the molecule is O=Cc1ccc(NC(=O)c2cccc(F)c2)cc1. The van der Waals surface area contributed by atoms with Crippen molar-refractivity contribution >= 4 is 17.9 Å². The van der Waals surface area contributed by atoms with Gasteiger partial charge in [0.25, 0.3) is 5.91 Å². The smallest absolute Gasteiger partial charge is 0.255 e. The third kappa shape index (κ3) is 2.79. The van der Waals surface area contributed by atoms with Crippen LogP contribution < -0.4 is 5.32 Å². The monoisotopic (exact) mass is 243 g/mol. The van der Waals surface area contributed by atoms with Gasteiger partial charge in [0.05, 0.1) is 0 Å². The van der Waals surface area contributed by atoms with Crippen LogP contribution in [0.3, 0.4) is 0 Å². The van der Waals surface area contributed by atoms with E-state index in [1.54, 1.807) is 24.3 Å². The Hall–Kier alpha value is -2.49. The third-order valence-corrected chi connectivity index (χ3v) is 2.39. The lowest BCUT2D eigenvalue weighted by Gasteiger charge is -2.05. The second kappa shape index (κ2) is 5.23. The van der Waals surface area contributed by atoms with Crippen LogP contribution >= 0.6 is 0 Å². The lowest BCUT2D eigenvalue weighted by Crippen LogP contribution is -2.11. The fourth-order valence-electron chi connectivity index (χ4n) is 1.48. The molecular weight excluding hydrogens is 233 g/mol. The van der Waals surface area contributed by atoms with Gasteiger partial charge in [0.1, 0.15) is 12.1 Å². The van der Waals surface area contributed by atoms with Gasteiger partial charge in [-0.25, -0.2) is 4.39 Å². The maximum atomic E-state index is 12.9. The number of anilines is 1. The molecule has 0 bridgehead atoms. The molecule has 2 aromatic rings. The van der Waals surface area contributed by atoms with E-state index in [-0.39, 0.29) is 5.56 Å². The highest BCUT2D eigenvalue weighted by molar-refractivity contribution is 6.04. The molecule has 2 rings (SSSR count). The van der Waals surface area contributed by atoms with E-state index in [4.69, 9.17) is 0 Å². The van der Waals surface area contributed by atoms with Crippen LogP contribution in [-0.4, -0.2) is 12.2 Å². The molecule has 0 saturated carbocycles. The van der Waals surface area contributed by atoms with Crippen molar-refractivity contribution in [1.29, 1.82) is 0 Å². The Balaban J connectivity index is 2.13. The minimum absolute atomic E-state index is 0.245. The summed E-state index contributed by atoms with van der Waals surface area (Å²) in [5, 5.41) is 2.62. The normalized spacial score (nSPS) is 9.83. The summed E-state index contributed by atoms with van der Waals surface area (Å²) in [6, 6.07) is 11.8. The van der Waals surface area contributed by atoms with Crippen molar-refractivity contribution in [2.75, 3.05) is 5.32 Å². The average molecular weight is 243 g/mol. The second-order valence-electron chi connectivity index (χ2n) is 3.70. The minimum atomic E-state index is -0.459.